The number of pyridine rings is 1. The van der Waals surface area contributed by atoms with Crippen molar-refractivity contribution in [2.45, 2.75) is 45.2 Å². The fourth-order valence-electron chi connectivity index (χ4n) is 4.71. The first-order valence-electron chi connectivity index (χ1n) is 12.9. The second-order valence-electron chi connectivity index (χ2n) is 10.8. The molecule has 0 radical (unpaired) electrons. The van der Waals surface area contributed by atoms with Gasteiger partial charge in [0.15, 0.2) is 17.3 Å². The Bertz CT molecular complexity index is 1590. The number of H-pyrrole nitrogens is 1. The number of nitrogens with one attached hydrogen (secondary N) is 2. The molecule has 1 aliphatic rings. The predicted molar refractivity (Wildman–Crippen MR) is 147 cm³/mol. The van der Waals surface area contributed by atoms with Crippen LogP contribution in [0.15, 0.2) is 47.6 Å². The van der Waals surface area contributed by atoms with Gasteiger partial charge in [-0.25, -0.2) is 9.37 Å². The lowest BCUT2D eigenvalue weighted by atomic mass is 9.96. The van der Waals surface area contributed by atoms with Crippen molar-refractivity contribution in [3.63, 3.8) is 0 Å². The van der Waals surface area contributed by atoms with Crippen molar-refractivity contribution < 1.29 is 18.5 Å². The van der Waals surface area contributed by atoms with Gasteiger partial charge in [0.2, 0.25) is 5.91 Å². The number of benzene rings is 1. The Morgan fingerprint density at radius 3 is 2.83 bits per heavy atom. The van der Waals surface area contributed by atoms with Crippen LogP contribution < -0.4 is 10.2 Å². The highest BCUT2D eigenvalue weighted by molar-refractivity contribution is 6.01. The van der Waals surface area contributed by atoms with Gasteiger partial charge in [0.25, 0.3) is 0 Å². The minimum absolute atomic E-state index is 0.0246. The summed E-state index contributed by atoms with van der Waals surface area (Å²) < 4.78 is 20.3. The monoisotopic (exact) mass is 546 g/mol. The fraction of sp³-hybridized carbons (Fsp3) is 0.357. The number of fused-ring (bicyclic) bond motifs is 1. The van der Waals surface area contributed by atoms with Crippen LogP contribution in [0, 0.1) is 5.82 Å². The second kappa shape index (κ2) is 10.5. The summed E-state index contributed by atoms with van der Waals surface area (Å²) in [6.45, 7) is 10.6. The number of aromatic amines is 1. The maximum atomic E-state index is 15.2. The van der Waals surface area contributed by atoms with Crippen LogP contribution in [0.2, 0.25) is 0 Å². The number of aromatic nitrogens is 5. The maximum absolute atomic E-state index is 15.2. The number of anilines is 1. The molecule has 11 nitrogen and oxygen atoms in total. The molecule has 40 heavy (non-hydrogen) atoms. The van der Waals surface area contributed by atoms with Gasteiger partial charge in [0, 0.05) is 43.9 Å². The zero-order valence-corrected chi connectivity index (χ0v) is 22.9. The van der Waals surface area contributed by atoms with E-state index in [1.807, 2.05) is 26.8 Å². The zero-order chi connectivity index (χ0) is 28.6. The third-order valence-electron chi connectivity index (χ3n) is 7.07. The van der Waals surface area contributed by atoms with Crippen LogP contribution in [-0.4, -0.2) is 68.2 Å². The summed E-state index contributed by atoms with van der Waals surface area (Å²) in [5, 5.41) is 14.7. The van der Waals surface area contributed by atoms with Gasteiger partial charge in [-0.3, -0.25) is 14.7 Å². The van der Waals surface area contributed by atoms with Crippen LogP contribution in [0.4, 0.5) is 10.2 Å². The lowest BCUT2D eigenvalue weighted by Gasteiger charge is -2.23. The van der Waals surface area contributed by atoms with Crippen molar-refractivity contribution in [1.82, 2.24) is 35.5 Å². The second-order valence-corrected chi connectivity index (χ2v) is 10.8. The predicted octanol–water partition coefficient (Wildman–Crippen LogP) is 3.60. The topological polar surface area (TPSA) is 133 Å². The summed E-state index contributed by atoms with van der Waals surface area (Å²) in [5.74, 6) is -0.227. The maximum Gasteiger partial charge on any atom is 0.315 e. The highest BCUT2D eigenvalue weighted by Gasteiger charge is 2.30. The van der Waals surface area contributed by atoms with E-state index in [-0.39, 0.29) is 29.8 Å². The van der Waals surface area contributed by atoms with E-state index in [2.05, 4.69) is 42.1 Å². The summed E-state index contributed by atoms with van der Waals surface area (Å²) in [7, 11) is 1.77. The molecule has 3 aromatic heterocycles. The van der Waals surface area contributed by atoms with Crippen molar-refractivity contribution in [1.29, 1.82) is 0 Å². The minimum Gasteiger partial charge on any atom is -0.352 e. The molecule has 0 saturated carbocycles. The van der Waals surface area contributed by atoms with Crippen molar-refractivity contribution in [2.24, 2.45) is 0 Å². The highest BCUT2D eigenvalue weighted by atomic mass is 19.1. The number of hydrogen-bond acceptors (Lipinski definition) is 8. The number of rotatable bonds is 7. The molecule has 1 aromatic carbocycles. The lowest BCUT2D eigenvalue weighted by molar-refractivity contribution is -0.126. The van der Waals surface area contributed by atoms with Crippen LogP contribution in [-0.2, 0) is 16.8 Å². The van der Waals surface area contributed by atoms with Crippen molar-refractivity contribution in [3.05, 3.63) is 66.2 Å². The highest BCUT2D eigenvalue weighted by Crippen LogP contribution is 2.35. The van der Waals surface area contributed by atoms with E-state index < -0.39 is 11.7 Å². The smallest absolute Gasteiger partial charge is 0.315 e. The standard InChI is InChI=1S/C28H31FN8O3/c1-6-21(38)36(5)18-10-12-37(15-18)24-22-19(9-11-30-23(22)33-34-24)16-7-8-17(20(29)13-16)14-31-25(39)26-32-27(35-40-26)28(2,3)4/h6-9,11,13,18H,1,10,12,14-15H2,2-5H3,(H,31,39)(H,30,33,34)/t18-/m1/s1. The molecule has 2 amide bonds. The molecule has 0 unspecified atom stereocenters. The van der Waals surface area contributed by atoms with Gasteiger partial charge in [0.1, 0.15) is 5.82 Å². The Balaban J connectivity index is 1.35. The fourth-order valence-corrected chi connectivity index (χ4v) is 4.71. The van der Waals surface area contributed by atoms with E-state index in [4.69, 9.17) is 4.52 Å². The number of carbonyl (C=O) groups is 2. The molecular weight excluding hydrogens is 515 g/mol. The normalized spacial score (nSPS) is 15.4. The molecule has 0 aliphatic carbocycles. The average Bonchev–Trinajstić information content (AvgIpc) is 3.70. The molecule has 1 fully saturated rings. The molecule has 1 saturated heterocycles. The Hall–Kier alpha value is -4.61. The van der Waals surface area contributed by atoms with Gasteiger partial charge in [-0.15, -0.1) is 0 Å². The molecule has 1 aliphatic heterocycles. The van der Waals surface area contributed by atoms with Gasteiger partial charge in [-0.1, -0.05) is 44.6 Å². The Labute approximate surface area is 230 Å². The molecule has 5 rings (SSSR count). The first-order chi connectivity index (χ1) is 19.1. The molecular formula is C28H31FN8O3. The minimum atomic E-state index is -0.574. The van der Waals surface area contributed by atoms with Crippen LogP contribution in [0.25, 0.3) is 22.2 Å². The molecule has 208 valence electrons. The number of likely N-dealkylation sites (N-methyl/N-ethyl adjacent to an activating group) is 1. The van der Waals surface area contributed by atoms with Crippen LogP contribution in [0.5, 0.6) is 0 Å². The van der Waals surface area contributed by atoms with Crippen molar-refractivity contribution in [2.75, 3.05) is 25.0 Å². The molecule has 12 heteroatoms. The van der Waals surface area contributed by atoms with Gasteiger partial charge >= 0.3 is 11.8 Å². The Morgan fingerprint density at radius 2 is 2.12 bits per heavy atom. The van der Waals surface area contributed by atoms with Crippen LogP contribution in [0.3, 0.4) is 0 Å². The first kappa shape index (κ1) is 27.0. The van der Waals surface area contributed by atoms with Crippen molar-refractivity contribution in [3.8, 4) is 11.1 Å². The van der Waals surface area contributed by atoms with Gasteiger partial charge in [-0.05, 0) is 35.8 Å². The molecule has 4 aromatic rings. The van der Waals surface area contributed by atoms with Crippen molar-refractivity contribution >= 4 is 28.7 Å². The summed E-state index contributed by atoms with van der Waals surface area (Å²) in [5.41, 5.74) is 1.93. The number of amides is 2. The van der Waals surface area contributed by atoms with E-state index in [1.54, 1.807) is 30.3 Å². The molecule has 2 N–H and O–H groups in total. The summed E-state index contributed by atoms with van der Waals surface area (Å²) in [6.07, 6.45) is 3.74. The molecule has 4 heterocycles. The van der Waals surface area contributed by atoms with E-state index in [0.717, 1.165) is 17.4 Å². The lowest BCUT2D eigenvalue weighted by Crippen LogP contribution is -2.38. The molecule has 0 spiro atoms. The molecule has 1 atom stereocenters. The quantitative estimate of drug-likeness (QED) is 0.336. The zero-order valence-electron chi connectivity index (χ0n) is 22.9. The number of hydrogen-bond donors (Lipinski definition) is 2. The number of nitrogens with zero attached hydrogens (tertiary/aromatic N) is 6. The van der Waals surface area contributed by atoms with Gasteiger partial charge in [-0.2, -0.15) is 10.1 Å². The summed E-state index contributed by atoms with van der Waals surface area (Å²) in [6, 6.07) is 6.70. The van der Waals surface area contributed by atoms with Crippen LogP contribution in [0.1, 0.15) is 49.3 Å². The third-order valence-corrected chi connectivity index (χ3v) is 7.07. The summed E-state index contributed by atoms with van der Waals surface area (Å²) in [4.78, 5) is 36.9. The molecule has 0 bridgehead atoms. The van der Waals surface area contributed by atoms with Gasteiger partial charge in [0.05, 0.1) is 11.4 Å². The van der Waals surface area contributed by atoms with E-state index in [9.17, 15) is 9.59 Å². The van der Waals surface area contributed by atoms with E-state index in [1.165, 1.54) is 12.1 Å². The SMILES string of the molecule is C=CC(=O)N(C)[C@@H]1CCN(c2n[nH]c3nccc(-c4ccc(CNC(=O)c5nc(C(C)(C)C)no5)c(F)c4)c23)C1. The third kappa shape index (κ3) is 5.16. The average molecular weight is 547 g/mol. The Morgan fingerprint density at radius 1 is 1.32 bits per heavy atom. The van der Waals surface area contributed by atoms with E-state index in [0.29, 0.717) is 41.5 Å². The largest absolute Gasteiger partial charge is 0.352 e. The number of halogens is 1. The van der Waals surface area contributed by atoms with Gasteiger partial charge < -0.3 is 19.6 Å². The van der Waals surface area contributed by atoms with Crippen LogP contribution >= 0.6 is 0 Å². The Kier molecular flexibility index (Phi) is 7.09. The number of carbonyl (C=O) groups excluding carboxylic acids is 2. The first-order valence-corrected chi connectivity index (χ1v) is 12.9. The summed E-state index contributed by atoms with van der Waals surface area (Å²) >= 11 is 0. The van der Waals surface area contributed by atoms with E-state index >= 15 is 4.39 Å².